The maximum atomic E-state index is 11.7. The van der Waals surface area contributed by atoms with Crippen molar-refractivity contribution in [2.45, 2.75) is 52.2 Å². The Kier molecular flexibility index (Phi) is 5.06. The Hall–Kier alpha value is -0.770. The van der Waals surface area contributed by atoms with Crippen LogP contribution in [0.15, 0.2) is 0 Å². The SMILES string of the molecule is CC(C)C[C@@H](C)OC(=O)N1CCC[C@H](O)C1. The third kappa shape index (κ3) is 4.39. The number of hydrogen-bond acceptors (Lipinski definition) is 3. The average molecular weight is 229 g/mol. The summed E-state index contributed by atoms with van der Waals surface area (Å²) in [5, 5.41) is 9.46. The summed E-state index contributed by atoms with van der Waals surface area (Å²) in [7, 11) is 0. The Balaban J connectivity index is 2.33. The molecule has 1 aliphatic heterocycles. The zero-order chi connectivity index (χ0) is 12.1. The van der Waals surface area contributed by atoms with E-state index in [1.54, 1.807) is 4.90 Å². The van der Waals surface area contributed by atoms with Crippen molar-refractivity contribution in [2.75, 3.05) is 13.1 Å². The van der Waals surface area contributed by atoms with Gasteiger partial charge in [-0.3, -0.25) is 0 Å². The summed E-state index contributed by atoms with van der Waals surface area (Å²) < 4.78 is 5.32. The van der Waals surface area contributed by atoms with Gasteiger partial charge >= 0.3 is 6.09 Å². The number of rotatable bonds is 3. The minimum atomic E-state index is -0.387. The van der Waals surface area contributed by atoms with Crippen molar-refractivity contribution in [1.29, 1.82) is 0 Å². The Morgan fingerprint density at radius 2 is 2.19 bits per heavy atom. The largest absolute Gasteiger partial charge is 0.446 e. The van der Waals surface area contributed by atoms with E-state index in [4.69, 9.17) is 4.74 Å². The van der Waals surface area contributed by atoms with Crippen molar-refractivity contribution in [3.05, 3.63) is 0 Å². The zero-order valence-electron chi connectivity index (χ0n) is 10.5. The second-order valence-corrected chi connectivity index (χ2v) is 5.07. The number of carbonyl (C=O) groups is 1. The molecule has 0 aromatic carbocycles. The van der Waals surface area contributed by atoms with Gasteiger partial charge in [-0.15, -0.1) is 0 Å². The molecule has 0 aromatic heterocycles. The van der Waals surface area contributed by atoms with Crippen LogP contribution in [0.4, 0.5) is 4.79 Å². The van der Waals surface area contributed by atoms with Crippen LogP contribution >= 0.6 is 0 Å². The first kappa shape index (κ1) is 13.3. The lowest BCUT2D eigenvalue weighted by atomic mass is 10.1. The number of amides is 1. The third-order valence-corrected chi connectivity index (χ3v) is 2.76. The van der Waals surface area contributed by atoms with Gasteiger partial charge in [-0.1, -0.05) is 13.8 Å². The Labute approximate surface area is 97.6 Å². The lowest BCUT2D eigenvalue weighted by Crippen LogP contribution is -2.43. The second-order valence-electron chi connectivity index (χ2n) is 5.07. The molecule has 4 nitrogen and oxygen atoms in total. The number of nitrogens with zero attached hydrogens (tertiary/aromatic N) is 1. The smallest absolute Gasteiger partial charge is 0.410 e. The maximum absolute atomic E-state index is 11.7. The van der Waals surface area contributed by atoms with E-state index in [0.29, 0.717) is 19.0 Å². The molecule has 2 atom stereocenters. The Bertz CT molecular complexity index is 230. The number of likely N-dealkylation sites (tertiary alicyclic amines) is 1. The summed E-state index contributed by atoms with van der Waals surface area (Å²) in [6.07, 6.45) is 1.79. The molecule has 1 saturated heterocycles. The molecule has 1 fully saturated rings. The van der Waals surface area contributed by atoms with E-state index in [9.17, 15) is 9.90 Å². The molecular weight excluding hydrogens is 206 g/mol. The topological polar surface area (TPSA) is 49.8 Å². The summed E-state index contributed by atoms with van der Waals surface area (Å²) in [5.41, 5.74) is 0. The van der Waals surface area contributed by atoms with Gasteiger partial charge in [0.25, 0.3) is 0 Å². The monoisotopic (exact) mass is 229 g/mol. The molecule has 4 heteroatoms. The molecule has 0 saturated carbocycles. The van der Waals surface area contributed by atoms with E-state index < -0.39 is 0 Å². The van der Waals surface area contributed by atoms with Crippen LogP contribution in [0.2, 0.25) is 0 Å². The van der Waals surface area contributed by atoms with Crippen molar-refractivity contribution >= 4 is 6.09 Å². The molecule has 1 aliphatic rings. The molecule has 1 rings (SSSR count). The first-order chi connectivity index (χ1) is 7.49. The summed E-state index contributed by atoms with van der Waals surface area (Å²) in [6, 6.07) is 0. The fraction of sp³-hybridized carbons (Fsp3) is 0.917. The van der Waals surface area contributed by atoms with Crippen LogP contribution in [0.25, 0.3) is 0 Å². The number of aliphatic hydroxyl groups excluding tert-OH is 1. The summed E-state index contributed by atoms with van der Waals surface area (Å²) in [6.45, 7) is 7.24. The standard InChI is InChI=1S/C12H23NO3/c1-9(2)7-10(3)16-12(15)13-6-4-5-11(14)8-13/h9-11,14H,4-8H2,1-3H3/t10-,11+/m1/s1. The molecule has 0 spiro atoms. The maximum Gasteiger partial charge on any atom is 0.410 e. The van der Waals surface area contributed by atoms with Gasteiger partial charge in [-0.05, 0) is 32.1 Å². The molecular formula is C12H23NO3. The third-order valence-electron chi connectivity index (χ3n) is 2.76. The van der Waals surface area contributed by atoms with Crippen LogP contribution in [0.5, 0.6) is 0 Å². The van der Waals surface area contributed by atoms with Gasteiger partial charge in [0.05, 0.1) is 6.10 Å². The van der Waals surface area contributed by atoms with Gasteiger partial charge in [0.1, 0.15) is 6.10 Å². The normalized spacial score (nSPS) is 23.3. The van der Waals surface area contributed by atoms with Gasteiger partial charge in [0.15, 0.2) is 0 Å². The predicted molar refractivity (Wildman–Crippen MR) is 62.2 cm³/mol. The first-order valence-electron chi connectivity index (χ1n) is 6.12. The fourth-order valence-electron chi connectivity index (χ4n) is 2.08. The highest BCUT2D eigenvalue weighted by atomic mass is 16.6. The lowest BCUT2D eigenvalue weighted by molar-refractivity contribution is 0.0284. The first-order valence-corrected chi connectivity index (χ1v) is 6.12. The summed E-state index contributed by atoms with van der Waals surface area (Å²) >= 11 is 0. The predicted octanol–water partition coefficient (Wildman–Crippen LogP) is 2.01. The van der Waals surface area contributed by atoms with Crippen molar-refractivity contribution in [1.82, 2.24) is 4.90 Å². The van der Waals surface area contributed by atoms with Crippen LogP contribution in [-0.4, -0.2) is 41.4 Å². The number of hydrogen-bond donors (Lipinski definition) is 1. The highest BCUT2D eigenvalue weighted by Crippen LogP contribution is 2.14. The van der Waals surface area contributed by atoms with Gasteiger partial charge in [0.2, 0.25) is 0 Å². The van der Waals surface area contributed by atoms with Gasteiger partial charge in [-0.25, -0.2) is 4.79 Å². The highest BCUT2D eigenvalue weighted by Gasteiger charge is 2.24. The number of aliphatic hydroxyl groups is 1. The second kappa shape index (κ2) is 6.09. The molecule has 0 unspecified atom stereocenters. The lowest BCUT2D eigenvalue weighted by Gasteiger charge is -2.30. The van der Waals surface area contributed by atoms with Crippen LogP contribution in [-0.2, 0) is 4.74 Å². The van der Waals surface area contributed by atoms with E-state index in [2.05, 4.69) is 13.8 Å². The van der Waals surface area contributed by atoms with E-state index in [1.165, 1.54) is 0 Å². The number of carbonyl (C=O) groups excluding carboxylic acids is 1. The number of β-amino-alcohol motifs (C(OH)–C–C–N with tert-alkyl or cyclic N) is 1. The van der Waals surface area contributed by atoms with Crippen LogP contribution in [0.1, 0.15) is 40.0 Å². The van der Waals surface area contributed by atoms with Gasteiger partial charge in [0, 0.05) is 13.1 Å². The van der Waals surface area contributed by atoms with Crippen molar-refractivity contribution in [2.24, 2.45) is 5.92 Å². The van der Waals surface area contributed by atoms with E-state index >= 15 is 0 Å². The highest BCUT2D eigenvalue weighted by molar-refractivity contribution is 5.67. The number of piperidine rings is 1. The minimum absolute atomic E-state index is 0.0495. The molecule has 0 bridgehead atoms. The zero-order valence-corrected chi connectivity index (χ0v) is 10.5. The average Bonchev–Trinajstić information content (AvgIpc) is 2.16. The minimum Gasteiger partial charge on any atom is -0.446 e. The molecule has 0 aliphatic carbocycles. The molecule has 1 N–H and O–H groups in total. The van der Waals surface area contributed by atoms with E-state index in [0.717, 1.165) is 19.3 Å². The summed E-state index contributed by atoms with van der Waals surface area (Å²) in [5.74, 6) is 0.523. The van der Waals surface area contributed by atoms with Crippen molar-refractivity contribution in [3.8, 4) is 0 Å². The Morgan fingerprint density at radius 1 is 1.50 bits per heavy atom. The van der Waals surface area contributed by atoms with Crippen molar-refractivity contribution in [3.63, 3.8) is 0 Å². The van der Waals surface area contributed by atoms with E-state index in [1.807, 2.05) is 6.92 Å². The number of ether oxygens (including phenoxy) is 1. The van der Waals surface area contributed by atoms with Crippen molar-refractivity contribution < 1.29 is 14.6 Å². The molecule has 0 aromatic rings. The van der Waals surface area contributed by atoms with Gasteiger partial charge < -0.3 is 14.7 Å². The van der Waals surface area contributed by atoms with Crippen LogP contribution in [0, 0.1) is 5.92 Å². The molecule has 0 radical (unpaired) electrons. The molecule has 1 amide bonds. The molecule has 16 heavy (non-hydrogen) atoms. The Morgan fingerprint density at radius 3 is 2.75 bits per heavy atom. The molecule has 94 valence electrons. The van der Waals surface area contributed by atoms with Crippen LogP contribution < -0.4 is 0 Å². The van der Waals surface area contributed by atoms with Gasteiger partial charge in [-0.2, -0.15) is 0 Å². The molecule has 1 heterocycles. The fourth-order valence-corrected chi connectivity index (χ4v) is 2.08. The summed E-state index contributed by atoms with van der Waals surface area (Å²) in [4.78, 5) is 13.3. The van der Waals surface area contributed by atoms with Crippen LogP contribution in [0.3, 0.4) is 0 Å². The van der Waals surface area contributed by atoms with E-state index in [-0.39, 0.29) is 18.3 Å². The quantitative estimate of drug-likeness (QED) is 0.805.